The predicted octanol–water partition coefficient (Wildman–Crippen LogP) is 0.760. The lowest BCUT2D eigenvalue weighted by molar-refractivity contribution is -0.122. The second-order valence-electron chi connectivity index (χ2n) is 7.67. The van der Waals surface area contributed by atoms with Gasteiger partial charge in [-0.1, -0.05) is 0 Å². The summed E-state index contributed by atoms with van der Waals surface area (Å²) in [7, 11) is 2.97. The summed E-state index contributed by atoms with van der Waals surface area (Å²) in [4.78, 5) is 44.3. The number of methoxy groups -OCH3 is 2. The Morgan fingerprint density at radius 3 is 2.40 bits per heavy atom. The third kappa shape index (κ3) is 5.90. The SMILES string of the molecule is COCCCNC(=O)CN1CCN(C(C)C(=O)c2[nH]c(C)c(C(=O)OC)c2C)CC1. The second-order valence-corrected chi connectivity index (χ2v) is 7.67. The van der Waals surface area contributed by atoms with Crippen LogP contribution in [-0.4, -0.2) is 98.6 Å². The summed E-state index contributed by atoms with van der Waals surface area (Å²) < 4.78 is 9.79. The maximum Gasteiger partial charge on any atom is 0.339 e. The van der Waals surface area contributed by atoms with Crippen LogP contribution in [0.5, 0.6) is 0 Å². The number of hydrogen-bond donors (Lipinski definition) is 2. The van der Waals surface area contributed by atoms with Crippen molar-refractivity contribution in [1.29, 1.82) is 0 Å². The zero-order chi connectivity index (χ0) is 22.3. The minimum absolute atomic E-state index is 0.0107. The molecule has 1 unspecified atom stereocenters. The first-order valence-corrected chi connectivity index (χ1v) is 10.3. The van der Waals surface area contributed by atoms with Crippen LogP contribution in [0.3, 0.4) is 0 Å². The van der Waals surface area contributed by atoms with Crippen LogP contribution in [0.4, 0.5) is 0 Å². The van der Waals surface area contributed by atoms with Gasteiger partial charge in [-0.05, 0) is 32.8 Å². The molecule has 168 valence electrons. The number of aromatic nitrogens is 1. The Morgan fingerprint density at radius 1 is 1.13 bits per heavy atom. The smallest absolute Gasteiger partial charge is 0.339 e. The molecular formula is C21H34N4O5. The van der Waals surface area contributed by atoms with Gasteiger partial charge in [0.25, 0.3) is 0 Å². The summed E-state index contributed by atoms with van der Waals surface area (Å²) in [6.45, 7) is 9.86. The van der Waals surface area contributed by atoms with Gasteiger partial charge >= 0.3 is 5.97 Å². The highest BCUT2D eigenvalue weighted by atomic mass is 16.5. The first-order chi connectivity index (χ1) is 14.3. The van der Waals surface area contributed by atoms with Crippen LogP contribution in [0.1, 0.15) is 45.4 Å². The molecule has 1 saturated heterocycles. The molecule has 1 amide bonds. The van der Waals surface area contributed by atoms with Crippen molar-refractivity contribution >= 4 is 17.7 Å². The quantitative estimate of drug-likeness (QED) is 0.326. The third-order valence-electron chi connectivity index (χ3n) is 5.62. The van der Waals surface area contributed by atoms with Gasteiger partial charge in [0.05, 0.1) is 31.0 Å². The Morgan fingerprint density at radius 2 is 1.80 bits per heavy atom. The summed E-state index contributed by atoms with van der Waals surface area (Å²) in [5, 5.41) is 2.90. The Balaban J connectivity index is 1.88. The van der Waals surface area contributed by atoms with Crippen LogP contribution in [0.25, 0.3) is 0 Å². The van der Waals surface area contributed by atoms with E-state index in [9.17, 15) is 14.4 Å². The van der Waals surface area contributed by atoms with Crippen molar-refractivity contribution in [2.45, 2.75) is 33.2 Å². The second kappa shape index (κ2) is 11.2. The van der Waals surface area contributed by atoms with Crippen molar-refractivity contribution in [1.82, 2.24) is 20.1 Å². The topological polar surface area (TPSA) is 104 Å². The zero-order valence-electron chi connectivity index (χ0n) is 18.7. The van der Waals surface area contributed by atoms with Crippen LogP contribution >= 0.6 is 0 Å². The van der Waals surface area contributed by atoms with Crippen molar-refractivity contribution in [2.75, 3.05) is 60.1 Å². The highest BCUT2D eigenvalue weighted by Gasteiger charge is 2.30. The standard InChI is InChI=1S/C21H34N4O5/c1-14-18(21(28)30-5)15(2)23-19(14)20(27)16(3)25-10-8-24(9-11-25)13-17(26)22-7-6-12-29-4/h16,23H,6-13H2,1-5H3,(H,22,26). The Labute approximate surface area is 178 Å². The fourth-order valence-electron chi connectivity index (χ4n) is 3.79. The number of nitrogens with one attached hydrogen (secondary N) is 2. The molecule has 0 aromatic carbocycles. The summed E-state index contributed by atoms with van der Waals surface area (Å²) in [6.07, 6.45) is 0.797. The molecule has 2 heterocycles. The molecule has 1 aromatic heterocycles. The third-order valence-corrected chi connectivity index (χ3v) is 5.62. The van der Waals surface area contributed by atoms with Gasteiger partial charge in [-0.2, -0.15) is 0 Å². The Bertz CT molecular complexity index is 753. The monoisotopic (exact) mass is 422 g/mol. The number of amides is 1. The lowest BCUT2D eigenvalue weighted by Crippen LogP contribution is -2.53. The number of carbonyl (C=O) groups is 3. The lowest BCUT2D eigenvalue weighted by Gasteiger charge is -2.37. The molecule has 9 nitrogen and oxygen atoms in total. The molecule has 1 atom stereocenters. The van der Waals surface area contributed by atoms with E-state index in [2.05, 4.69) is 20.1 Å². The van der Waals surface area contributed by atoms with Gasteiger partial charge in [0.2, 0.25) is 5.91 Å². The average Bonchev–Trinajstić information content (AvgIpc) is 3.04. The van der Waals surface area contributed by atoms with Gasteiger partial charge < -0.3 is 19.8 Å². The fraction of sp³-hybridized carbons (Fsp3) is 0.667. The minimum Gasteiger partial charge on any atom is -0.465 e. The van der Waals surface area contributed by atoms with E-state index in [1.807, 2.05) is 6.92 Å². The van der Waals surface area contributed by atoms with Crippen LogP contribution in [0.15, 0.2) is 0 Å². The molecule has 2 rings (SSSR count). The van der Waals surface area contributed by atoms with Crippen molar-refractivity contribution < 1.29 is 23.9 Å². The molecule has 9 heteroatoms. The number of nitrogens with zero attached hydrogens (tertiary/aromatic N) is 2. The Kier molecular flexibility index (Phi) is 9.01. The number of H-pyrrole nitrogens is 1. The molecule has 1 aliphatic rings. The lowest BCUT2D eigenvalue weighted by atomic mass is 10.0. The largest absolute Gasteiger partial charge is 0.465 e. The number of ketones is 1. The number of ether oxygens (including phenoxy) is 2. The van der Waals surface area contributed by atoms with Gasteiger partial charge in [0.15, 0.2) is 5.78 Å². The van der Waals surface area contributed by atoms with Gasteiger partial charge in [-0.15, -0.1) is 0 Å². The molecule has 30 heavy (non-hydrogen) atoms. The fourth-order valence-corrected chi connectivity index (χ4v) is 3.79. The highest BCUT2D eigenvalue weighted by molar-refractivity contribution is 6.03. The normalized spacial score (nSPS) is 16.3. The molecule has 1 aromatic rings. The molecule has 2 N–H and O–H groups in total. The number of carbonyl (C=O) groups excluding carboxylic acids is 3. The number of hydrogen-bond acceptors (Lipinski definition) is 7. The zero-order valence-corrected chi connectivity index (χ0v) is 18.7. The molecule has 0 bridgehead atoms. The van der Waals surface area contributed by atoms with E-state index in [-0.39, 0.29) is 17.7 Å². The molecular weight excluding hydrogens is 388 g/mol. The van der Waals surface area contributed by atoms with Crippen LogP contribution in [-0.2, 0) is 14.3 Å². The molecule has 1 fully saturated rings. The van der Waals surface area contributed by atoms with Gasteiger partial charge in [-0.25, -0.2) is 4.79 Å². The number of esters is 1. The summed E-state index contributed by atoms with van der Waals surface area (Å²) in [5.41, 5.74) is 2.14. The molecule has 0 saturated carbocycles. The van der Waals surface area contributed by atoms with Crippen LogP contribution in [0.2, 0.25) is 0 Å². The van der Waals surface area contributed by atoms with Gasteiger partial charge in [0, 0.05) is 52.1 Å². The van der Waals surface area contributed by atoms with E-state index in [1.54, 1.807) is 21.0 Å². The average molecular weight is 423 g/mol. The number of rotatable bonds is 10. The van der Waals surface area contributed by atoms with Crippen molar-refractivity contribution in [2.24, 2.45) is 0 Å². The van der Waals surface area contributed by atoms with Gasteiger partial charge in [0.1, 0.15) is 0 Å². The summed E-state index contributed by atoms with van der Waals surface area (Å²) in [5.74, 6) is -0.478. The van der Waals surface area contributed by atoms with E-state index < -0.39 is 5.97 Å². The Hall–Kier alpha value is -2.23. The molecule has 0 radical (unpaired) electrons. The van der Waals surface area contributed by atoms with Gasteiger partial charge in [-0.3, -0.25) is 19.4 Å². The van der Waals surface area contributed by atoms with Crippen molar-refractivity contribution in [3.05, 3.63) is 22.5 Å². The maximum absolute atomic E-state index is 13.1. The van der Waals surface area contributed by atoms with E-state index in [0.717, 1.165) is 19.5 Å². The molecule has 0 aliphatic carbocycles. The summed E-state index contributed by atoms with van der Waals surface area (Å²) in [6, 6.07) is -0.322. The molecule has 0 spiro atoms. The highest BCUT2D eigenvalue weighted by Crippen LogP contribution is 2.21. The first-order valence-electron chi connectivity index (χ1n) is 10.3. The number of Topliss-reactive ketones (excluding diaryl/α,β-unsaturated/α-hetero) is 1. The first kappa shape index (κ1) is 24.0. The van der Waals surface area contributed by atoms with Crippen LogP contribution < -0.4 is 5.32 Å². The maximum atomic E-state index is 13.1. The van der Waals surface area contributed by atoms with E-state index in [4.69, 9.17) is 9.47 Å². The number of aryl methyl sites for hydroxylation is 1. The number of aromatic amines is 1. The van der Waals surface area contributed by atoms with E-state index >= 15 is 0 Å². The van der Waals surface area contributed by atoms with Crippen LogP contribution in [0, 0.1) is 13.8 Å². The van der Waals surface area contributed by atoms with E-state index in [1.165, 1.54) is 7.11 Å². The predicted molar refractivity (Wildman–Crippen MR) is 113 cm³/mol. The minimum atomic E-state index is -0.443. The van der Waals surface area contributed by atoms with E-state index in [0.29, 0.717) is 55.3 Å². The number of piperazine rings is 1. The summed E-state index contributed by atoms with van der Waals surface area (Å²) >= 11 is 0. The molecule has 1 aliphatic heterocycles. The van der Waals surface area contributed by atoms with Crippen molar-refractivity contribution in [3.63, 3.8) is 0 Å². The van der Waals surface area contributed by atoms with Crippen molar-refractivity contribution in [3.8, 4) is 0 Å².